The van der Waals surface area contributed by atoms with Crippen LogP contribution >= 0.6 is 15.9 Å². The average molecular weight is 316 g/mol. The Labute approximate surface area is 116 Å². The lowest BCUT2D eigenvalue weighted by Gasteiger charge is -2.23. The summed E-state index contributed by atoms with van der Waals surface area (Å²) in [6, 6.07) is 4.43. The van der Waals surface area contributed by atoms with Crippen LogP contribution in [-0.2, 0) is 0 Å². The number of hydrogen-bond donors (Lipinski definition) is 1. The van der Waals surface area contributed by atoms with E-state index in [9.17, 15) is 9.18 Å². The number of rotatable bonds is 6. The van der Waals surface area contributed by atoms with E-state index in [-0.39, 0.29) is 16.8 Å². The van der Waals surface area contributed by atoms with Gasteiger partial charge in [-0.2, -0.15) is 0 Å². The number of Topliss-reactive ketones (excluding diaryl/α,β-unsaturated/α-hetero) is 1. The molecular weight excluding hydrogens is 297 g/mol. The van der Waals surface area contributed by atoms with Gasteiger partial charge < -0.3 is 5.73 Å². The van der Waals surface area contributed by atoms with E-state index in [1.165, 1.54) is 12.1 Å². The van der Waals surface area contributed by atoms with Gasteiger partial charge in [0.25, 0.3) is 0 Å². The zero-order chi connectivity index (χ0) is 13.8. The summed E-state index contributed by atoms with van der Waals surface area (Å²) in [7, 11) is 0. The molecule has 0 saturated heterocycles. The maximum Gasteiger partial charge on any atom is 0.165 e. The normalized spacial score (nSPS) is 11.6. The number of halogens is 2. The molecule has 0 bridgehead atoms. The fraction of sp³-hybridized carbons (Fsp3) is 0.500. The third-order valence-electron chi connectivity index (χ3n) is 3.08. The predicted molar refractivity (Wildman–Crippen MR) is 75.1 cm³/mol. The van der Waals surface area contributed by atoms with Crippen molar-refractivity contribution in [3.05, 3.63) is 34.1 Å². The van der Waals surface area contributed by atoms with Crippen molar-refractivity contribution in [1.29, 1.82) is 0 Å². The van der Waals surface area contributed by atoms with Crippen LogP contribution in [0.2, 0.25) is 0 Å². The number of carbonyl (C=O) groups is 1. The van der Waals surface area contributed by atoms with Gasteiger partial charge in [0.1, 0.15) is 5.82 Å². The molecule has 0 fully saturated rings. The van der Waals surface area contributed by atoms with Crippen LogP contribution < -0.4 is 5.73 Å². The summed E-state index contributed by atoms with van der Waals surface area (Å²) in [6.45, 7) is 4.75. The molecule has 1 aromatic carbocycles. The zero-order valence-electron chi connectivity index (χ0n) is 10.8. The van der Waals surface area contributed by atoms with Crippen LogP contribution in [0.3, 0.4) is 0 Å². The summed E-state index contributed by atoms with van der Waals surface area (Å²) < 4.78 is 14.2. The maximum atomic E-state index is 13.5. The van der Waals surface area contributed by atoms with Crippen LogP contribution in [0.1, 0.15) is 43.5 Å². The van der Waals surface area contributed by atoms with Gasteiger partial charge in [0.2, 0.25) is 0 Å². The van der Waals surface area contributed by atoms with E-state index in [0.29, 0.717) is 17.4 Å². The lowest BCUT2D eigenvalue weighted by atomic mass is 9.83. The number of benzene rings is 1. The highest BCUT2D eigenvalue weighted by Crippen LogP contribution is 2.27. The van der Waals surface area contributed by atoms with Gasteiger partial charge in [-0.25, -0.2) is 4.39 Å². The number of hydrogen-bond acceptors (Lipinski definition) is 2. The minimum atomic E-state index is -0.458. The molecule has 2 N–H and O–H groups in total. The molecule has 0 amide bonds. The molecule has 0 saturated carbocycles. The van der Waals surface area contributed by atoms with Crippen molar-refractivity contribution >= 4 is 21.7 Å². The standard InChI is InChI=1S/C14H19BrFNO/c1-14(2,7-8-17)6-5-13(18)11-9-10(15)3-4-12(11)16/h3-4,9H,5-8,17H2,1-2H3. The molecule has 1 rings (SSSR count). The molecule has 0 aliphatic heterocycles. The third-order valence-corrected chi connectivity index (χ3v) is 3.57. The van der Waals surface area contributed by atoms with Crippen molar-refractivity contribution in [2.24, 2.45) is 11.1 Å². The maximum absolute atomic E-state index is 13.5. The Morgan fingerprint density at radius 1 is 1.39 bits per heavy atom. The van der Waals surface area contributed by atoms with Gasteiger partial charge in [0, 0.05) is 10.9 Å². The number of carbonyl (C=O) groups excluding carboxylic acids is 1. The Kier molecular flexibility index (Phi) is 5.47. The lowest BCUT2D eigenvalue weighted by Crippen LogP contribution is -2.18. The van der Waals surface area contributed by atoms with Gasteiger partial charge in [-0.1, -0.05) is 29.8 Å². The number of nitrogens with two attached hydrogens (primary N) is 1. The topological polar surface area (TPSA) is 43.1 Å². The fourth-order valence-corrected chi connectivity index (χ4v) is 2.17. The van der Waals surface area contributed by atoms with Gasteiger partial charge in [0.15, 0.2) is 5.78 Å². The summed E-state index contributed by atoms with van der Waals surface area (Å²) in [4.78, 5) is 12.0. The lowest BCUT2D eigenvalue weighted by molar-refractivity contribution is 0.0957. The third kappa shape index (κ3) is 4.50. The van der Waals surface area contributed by atoms with Crippen LogP contribution in [0.15, 0.2) is 22.7 Å². The molecule has 2 nitrogen and oxygen atoms in total. The van der Waals surface area contributed by atoms with Crippen LogP contribution in [0, 0.1) is 11.2 Å². The Balaban J connectivity index is 2.69. The molecule has 0 atom stereocenters. The second-order valence-corrected chi connectivity index (χ2v) is 6.17. The Morgan fingerprint density at radius 3 is 2.67 bits per heavy atom. The molecular formula is C14H19BrFNO. The first-order valence-corrected chi connectivity index (χ1v) is 6.83. The highest BCUT2D eigenvalue weighted by Gasteiger charge is 2.20. The molecule has 0 aromatic heterocycles. The van der Waals surface area contributed by atoms with Crippen LogP contribution in [-0.4, -0.2) is 12.3 Å². The first kappa shape index (κ1) is 15.3. The minimum Gasteiger partial charge on any atom is -0.330 e. The monoisotopic (exact) mass is 315 g/mol. The van der Waals surface area contributed by atoms with Crippen LogP contribution in [0.25, 0.3) is 0 Å². The first-order valence-electron chi connectivity index (χ1n) is 6.04. The Bertz CT molecular complexity index is 432. The predicted octanol–water partition coefficient (Wildman–Crippen LogP) is 3.93. The van der Waals surface area contributed by atoms with Gasteiger partial charge in [0.05, 0.1) is 5.56 Å². The Hall–Kier alpha value is -0.740. The van der Waals surface area contributed by atoms with Crippen LogP contribution in [0.4, 0.5) is 4.39 Å². The van der Waals surface area contributed by atoms with E-state index in [1.54, 1.807) is 6.07 Å². The van der Waals surface area contributed by atoms with Crippen molar-refractivity contribution in [1.82, 2.24) is 0 Å². The average Bonchev–Trinajstić information content (AvgIpc) is 2.29. The summed E-state index contributed by atoms with van der Waals surface area (Å²) >= 11 is 3.24. The quantitative estimate of drug-likeness (QED) is 0.808. The van der Waals surface area contributed by atoms with Crippen molar-refractivity contribution < 1.29 is 9.18 Å². The Morgan fingerprint density at radius 2 is 2.06 bits per heavy atom. The smallest absolute Gasteiger partial charge is 0.165 e. The van der Waals surface area contributed by atoms with E-state index in [2.05, 4.69) is 29.8 Å². The molecule has 0 spiro atoms. The molecule has 0 radical (unpaired) electrons. The van der Waals surface area contributed by atoms with Crippen molar-refractivity contribution in [2.75, 3.05) is 6.54 Å². The SMILES string of the molecule is CC(C)(CCN)CCC(=O)c1cc(Br)ccc1F. The van der Waals surface area contributed by atoms with E-state index >= 15 is 0 Å². The summed E-state index contributed by atoms with van der Waals surface area (Å²) in [6.07, 6.45) is 1.93. The van der Waals surface area contributed by atoms with Gasteiger partial charge in [-0.15, -0.1) is 0 Å². The van der Waals surface area contributed by atoms with Crippen LogP contribution in [0.5, 0.6) is 0 Å². The van der Waals surface area contributed by atoms with Gasteiger partial charge >= 0.3 is 0 Å². The molecule has 1 aromatic rings. The molecule has 0 unspecified atom stereocenters. The summed E-state index contributed by atoms with van der Waals surface area (Å²) in [5.74, 6) is -0.612. The van der Waals surface area contributed by atoms with E-state index in [4.69, 9.17) is 5.73 Å². The molecule has 4 heteroatoms. The zero-order valence-corrected chi connectivity index (χ0v) is 12.4. The van der Waals surface area contributed by atoms with Gasteiger partial charge in [-0.3, -0.25) is 4.79 Å². The van der Waals surface area contributed by atoms with Crippen molar-refractivity contribution in [3.63, 3.8) is 0 Å². The van der Waals surface area contributed by atoms with E-state index in [1.807, 2.05) is 0 Å². The first-order chi connectivity index (χ1) is 8.35. The molecule has 0 aliphatic rings. The largest absolute Gasteiger partial charge is 0.330 e. The molecule has 0 heterocycles. The minimum absolute atomic E-state index is 0.0207. The second-order valence-electron chi connectivity index (χ2n) is 5.25. The van der Waals surface area contributed by atoms with E-state index in [0.717, 1.165) is 12.8 Å². The van der Waals surface area contributed by atoms with E-state index < -0.39 is 5.82 Å². The highest BCUT2D eigenvalue weighted by molar-refractivity contribution is 9.10. The highest BCUT2D eigenvalue weighted by atomic mass is 79.9. The number of ketones is 1. The van der Waals surface area contributed by atoms with Crippen molar-refractivity contribution in [2.45, 2.75) is 33.1 Å². The van der Waals surface area contributed by atoms with Crippen molar-refractivity contribution in [3.8, 4) is 0 Å². The summed E-state index contributed by atoms with van der Waals surface area (Å²) in [5, 5.41) is 0. The van der Waals surface area contributed by atoms with Gasteiger partial charge in [-0.05, 0) is 43.0 Å². The summed E-state index contributed by atoms with van der Waals surface area (Å²) in [5.41, 5.74) is 5.71. The molecule has 18 heavy (non-hydrogen) atoms. The second kappa shape index (κ2) is 6.43. The fourth-order valence-electron chi connectivity index (χ4n) is 1.81. The molecule has 100 valence electrons. The molecule has 0 aliphatic carbocycles.